The average molecular weight is 266 g/mol. The molecule has 98 valence electrons. The minimum atomic E-state index is -2.38. The second kappa shape index (κ2) is 9.61. The van der Waals surface area contributed by atoms with E-state index in [1.165, 1.54) is 0 Å². The Kier molecular flexibility index (Phi) is 11.3. The molecule has 0 bridgehead atoms. The van der Waals surface area contributed by atoms with Gasteiger partial charge in [-0.15, -0.1) is 0 Å². The van der Waals surface area contributed by atoms with Crippen molar-refractivity contribution in [2.24, 2.45) is 0 Å². The third-order valence-corrected chi connectivity index (χ3v) is 1.83. The van der Waals surface area contributed by atoms with Crippen LogP contribution in [0.3, 0.4) is 0 Å². The summed E-state index contributed by atoms with van der Waals surface area (Å²) in [6.07, 6.45) is -9.99. The standard InChI is InChI=1S/C6H15BO9.Na.H/c8-1-2(9)3(10)4(11)5(12)6(13)16-7(14)15;;/h2-6,8-15H,1H2;;/q;+1;-1/t2-,3-,4+,5-,6?;;/m1../s1. The summed E-state index contributed by atoms with van der Waals surface area (Å²) in [5, 5.41) is 70.3. The van der Waals surface area contributed by atoms with Gasteiger partial charge < -0.3 is 46.8 Å². The molecule has 0 saturated heterocycles. The first kappa shape index (κ1) is 20.0. The van der Waals surface area contributed by atoms with Crippen molar-refractivity contribution < 1.29 is 76.3 Å². The van der Waals surface area contributed by atoms with Crippen molar-refractivity contribution >= 4 is 7.32 Å². The van der Waals surface area contributed by atoms with Gasteiger partial charge in [-0.05, 0) is 0 Å². The van der Waals surface area contributed by atoms with Crippen molar-refractivity contribution in [1.82, 2.24) is 0 Å². The Morgan fingerprint density at radius 3 is 1.76 bits per heavy atom. The van der Waals surface area contributed by atoms with E-state index in [0.717, 1.165) is 0 Å². The van der Waals surface area contributed by atoms with Crippen LogP contribution in [-0.4, -0.2) is 85.3 Å². The van der Waals surface area contributed by atoms with Gasteiger partial charge in [0.05, 0.1) is 6.61 Å². The molecule has 0 amide bonds. The molecule has 0 aromatic heterocycles. The smallest absolute Gasteiger partial charge is 1.00 e. The second-order valence-corrected chi connectivity index (χ2v) is 3.07. The summed E-state index contributed by atoms with van der Waals surface area (Å²) in [5.41, 5.74) is 0. The van der Waals surface area contributed by atoms with Crippen molar-refractivity contribution in [3.05, 3.63) is 0 Å². The van der Waals surface area contributed by atoms with Crippen LogP contribution in [-0.2, 0) is 4.65 Å². The number of hydrogen-bond donors (Lipinski definition) is 8. The molecule has 0 aliphatic rings. The van der Waals surface area contributed by atoms with Crippen molar-refractivity contribution in [3.63, 3.8) is 0 Å². The van der Waals surface area contributed by atoms with Crippen LogP contribution in [0.4, 0.5) is 0 Å². The third kappa shape index (κ3) is 7.01. The van der Waals surface area contributed by atoms with Gasteiger partial charge in [0.25, 0.3) is 0 Å². The fourth-order valence-corrected chi connectivity index (χ4v) is 0.912. The Bertz CT molecular complexity index is 202. The number of aliphatic hydroxyl groups is 6. The molecule has 0 spiro atoms. The van der Waals surface area contributed by atoms with Gasteiger partial charge in [0.2, 0.25) is 0 Å². The molecule has 11 heteroatoms. The minimum absolute atomic E-state index is 0. The second-order valence-electron chi connectivity index (χ2n) is 3.07. The predicted molar refractivity (Wildman–Crippen MR) is 49.5 cm³/mol. The van der Waals surface area contributed by atoms with Crippen LogP contribution in [0.15, 0.2) is 0 Å². The molecule has 0 aromatic rings. The SMILES string of the molecule is OC[C@@H](O)[C@@H](O)[C@H](O)[C@@H](O)C(O)OB(O)O.[H-].[Na+]. The maximum Gasteiger partial charge on any atom is 1.00 e. The molecule has 17 heavy (non-hydrogen) atoms. The first-order chi connectivity index (χ1) is 7.31. The van der Waals surface area contributed by atoms with Gasteiger partial charge in [-0.2, -0.15) is 0 Å². The van der Waals surface area contributed by atoms with Gasteiger partial charge in [-0.25, -0.2) is 0 Å². The fraction of sp³-hybridized carbons (Fsp3) is 1.00. The first-order valence-electron chi connectivity index (χ1n) is 4.34. The van der Waals surface area contributed by atoms with Gasteiger partial charge >= 0.3 is 36.9 Å². The largest absolute Gasteiger partial charge is 1.00 e. The zero-order chi connectivity index (χ0) is 12.9. The van der Waals surface area contributed by atoms with Gasteiger partial charge in [-0.3, -0.25) is 0 Å². The van der Waals surface area contributed by atoms with Crippen LogP contribution in [0.25, 0.3) is 0 Å². The van der Waals surface area contributed by atoms with E-state index in [9.17, 15) is 5.11 Å². The molecule has 0 radical (unpaired) electrons. The monoisotopic (exact) mass is 266 g/mol. The Morgan fingerprint density at radius 2 is 1.41 bits per heavy atom. The molecule has 5 atom stereocenters. The van der Waals surface area contributed by atoms with E-state index in [0.29, 0.717) is 0 Å². The van der Waals surface area contributed by atoms with E-state index < -0.39 is 44.6 Å². The van der Waals surface area contributed by atoms with Crippen molar-refractivity contribution in [2.75, 3.05) is 6.61 Å². The molecule has 0 aromatic carbocycles. The molecule has 0 saturated carbocycles. The summed E-state index contributed by atoms with van der Waals surface area (Å²) in [7, 11) is -2.38. The van der Waals surface area contributed by atoms with Gasteiger partial charge in [0.1, 0.15) is 24.4 Å². The Morgan fingerprint density at radius 1 is 0.941 bits per heavy atom. The van der Waals surface area contributed by atoms with Crippen LogP contribution in [0.5, 0.6) is 0 Å². The summed E-state index contributed by atoms with van der Waals surface area (Å²) in [6, 6.07) is 0. The molecule has 0 aliphatic heterocycles. The molecule has 9 nitrogen and oxygen atoms in total. The summed E-state index contributed by atoms with van der Waals surface area (Å²) in [5.74, 6) is 0. The van der Waals surface area contributed by atoms with Crippen LogP contribution in [0.1, 0.15) is 1.43 Å². The van der Waals surface area contributed by atoms with E-state index in [2.05, 4.69) is 4.65 Å². The van der Waals surface area contributed by atoms with Gasteiger partial charge in [-0.1, -0.05) is 0 Å². The quantitative estimate of drug-likeness (QED) is 0.164. The first-order valence-corrected chi connectivity index (χ1v) is 4.34. The van der Waals surface area contributed by atoms with E-state index >= 15 is 0 Å². The van der Waals surface area contributed by atoms with E-state index in [1.54, 1.807) is 0 Å². The van der Waals surface area contributed by atoms with Crippen LogP contribution < -0.4 is 29.6 Å². The van der Waals surface area contributed by atoms with Crippen LogP contribution >= 0.6 is 0 Å². The van der Waals surface area contributed by atoms with Gasteiger partial charge in [0.15, 0.2) is 6.29 Å². The molecule has 0 heterocycles. The van der Waals surface area contributed by atoms with Crippen molar-refractivity contribution in [2.45, 2.75) is 30.7 Å². The zero-order valence-corrected chi connectivity index (χ0v) is 11.2. The number of rotatable bonds is 7. The number of hydrogen-bond acceptors (Lipinski definition) is 9. The molecule has 8 N–H and O–H groups in total. The number of aliphatic hydroxyl groups excluding tert-OH is 6. The molecular formula is C6H16BNaO9. The third-order valence-electron chi connectivity index (χ3n) is 1.83. The average Bonchev–Trinajstić information content (AvgIpc) is 2.23. The van der Waals surface area contributed by atoms with Crippen molar-refractivity contribution in [1.29, 1.82) is 0 Å². The van der Waals surface area contributed by atoms with Crippen LogP contribution in [0, 0.1) is 0 Å². The maximum absolute atomic E-state index is 9.20. The van der Waals surface area contributed by atoms with Crippen molar-refractivity contribution in [3.8, 4) is 0 Å². The topological polar surface area (TPSA) is 171 Å². The maximum atomic E-state index is 9.20. The Hall–Kier alpha value is 0.705. The van der Waals surface area contributed by atoms with E-state index in [-0.39, 0.29) is 31.0 Å². The molecule has 1 unspecified atom stereocenters. The summed E-state index contributed by atoms with van der Waals surface area (Å²) in [4.78, 5) is 0. The normalized spacial score (nSPS) is 19.8. The zero-order valence-electron chi connectivity index (χ0n) is 10.2. The summed E-state index contributed by atoms with van der Waals surface area (Å²) in [6.45, 7) is -0.871. The molecule has 0 aliphatic carbocycles. The van der Waals surface area contributed by atoms with E-state index in [1.807, 2.05) is 0 Å². The predicted octanol–water partition coefficient (Wildman–Crippen LogP) is -8.16. The fourth-order valence-electron chi connectivity index (χ4n) is 0.912. The molecular weight excluding hydrogens is 250 g/mol. The van der Waals surface area contributed by atoms with Crippen LogP contribution in [0.2, 0.25) is 0 Å². The van der Waals surface area contributed by atoms with Gasteiger partial charge in [0, 0.05) is 0 Å². The summed E-state index contributed by atoms with van der Waals surface area (Å²) >= 11 is 0. The Labute approximate surface area is 121 Å². The molecule has 0 rings (SSSR count). The molecule has 0 fully saturated rings. The minimum Gasteiger partial charge on any atom is -1.00 e. The summed E-state index contributed by atoms with van der Waals surface area (Å²) < 4.78 is 3.90. The Balaban J connectivity index is -0.00000112. The van der Waals surface area contributed by atoms with E-state index in [4.69, 9.17) is 35.6 Å².